The molecule has 0 saturated heterocycles. The van der Waals surface area contributed by atoms with Gasteiger partial charge in [-0.1, -0.05) is 29.3 Å². The van der Waals surface area contributed by atoms with Crippen molar-refractivity contribution in [2.24, 2.45) is 0 Å². The van der Waals surface area contributed by atoms with Gasteiger partial charge < -0.3 is 15.8 Å². The highest BCUT2D eigenvalue weighted by atomic mass is 35.5. The summed E-state index contributed by atoms with van der Waals surface area (Å²) in [6.07, 6.45) is 0. The molecule has 0 unspecified atom stereocenters. The predicted molar refractivity (Wildman–Crippen MR) is 81.7 cm³/mol. The molecule has 20 heavy (non-hydrogen) atoms. The van der Waals surface area contributed by atoms with Crippen molar-refractivity contribution in [3.63, 3.8) is 0 Å². The van der Waals surface area contributed by atoms with E-state index in [1.807, 2.05) is 0 Å². The van der Waals surface area contributed by atoms with Crippen LogP contribution in [0.1, 0.15) is 6.92 Å². The number of hydrogen-bond donors (Lipinski definition) is 2. The molecule has 0 radical (unpaired) electrons. The maximum atomic E-state index is 13.6. The SMILES string of the molecule is CCOc1cc(Nc2cccc(Cl)c2Cl)c(N)cc1F. The van der Waals surface area contributed by atoms with E-state index in [0.29, 0.717) is 28.0 Å². The van der Waals surface area contributed by atoms with Crippen LogP contribution < -0.4 is 15.8 Å². The van der Waals surface area contributed by atoms with E-state index in [9.17, 15) is 4.39 Å². The zero-order chi connectivity index (χ0) is 14.7. The quantitative estimate of drug-likeness (QED) is 0.792. The summed E-state index contributed by atoms with van der Waals surface area (Å²) in [4.78, 5) is 0. The third-order valence-corrected chi connectivity index (χ3v) is 3.44. The fourth-order valence-corrected chi connectivity index (χ4v) is 2.04. The minimum absolute atomic E-state index is 0.127. The number of nitrogen functional groups attached to an aromatic ring is 1. The molecule has 2 aromatic carbocycles. The monoisotopic (exact) mass is 314 g/mol. The Kier molecular flexibility index (Phi) is 4.57. The van der Waals surface area contributed by atoms with Gasteiger partial charge in [-0.25, -0.2) is 4.39 Å². The lowest BCUT2D eigenvalue weighted by atomic mass is 10.2. The second kappa shape index (κ2) is 6.20. The Morgan fingerprint density at radius 2 is 2.00 bits per heavy atom. The Morgan fingerprint density at radius 1 is 1.25 bits per heavy atom. The van der Waals surface area contributed by atoms with Gasteiger partial charge >= 0.3 is 0 Å². The molecule has 0 aliphatic heterocycles. The van der Waals surface area contributed by atoms with Crippen LogP contribution >= 0.6 is 23.2 Å². The third-order valence-electron chi connectivity index (χ3n) is 2.62. The van der Waals surface area contributed by atoms with Gasteiger partial charge in [0.15, 0.2) is 11.6 Å². The number of nitrogens with one attached hydrogen (secondary N) is 1. The van der Waals surface area contributed by atoms with Crippen LogP contribution in [0, 0.1) is 5.82 Å². The zero-order valence-electron chi connectivity index (χ0n) is 10.7. The van der Waals surface area contributed by atoms with Crippen molar-refractivity contribution in [2.75, 3.05) is 17.7 Å². The van der Waals surface area contributed by atoms with Gasteiger partial charge in [0.25, 0.3) is 0 Å². The van der Waals surface area contributed by atoms with Crippen LogP contribution in [0.2, 0.25) is 10.0 Å². The summed E-state index contributed by atoms with van der Waals surface area (Å²) in [6.45, 7) is 2.13. The fraction of sp³-hybridized carbons (Fsp3) is 0.143. The van der Waals surface area contributed by atoms with E-state index in [4.69, 9.17) is 33.7 Å². The van der Waals surface area contributed by atoms with E-state index in [1.54, 1.807) is 25.1 Å². The number of hydrogen-bond acceptors (Lipinski definition) is 3. The molecule has 0 aliphatic carbocycles. The smallest absolute Gasteiger partial charge is 0.167 e. The Morgan fingerprint density at radius 3 is 2.70 bits per heavy atom. The molecule has 0 atom stereocenters. The second-order valence-electron chi connectivity index (χ2n) is 4.03. The molecule has 0 saturated carbocycles. The fourth-order valence-electron chi connectivity index (χ4n) is 1.69. The van der Waals surface area contributed by atoms with Gasteiger partial charge in [0.2, 0.25) is 0 Å². The van der Waals surface area contributed by atoms with Crippen LogP contribution in [0.15, 0.2) is 30.3 Å². The van der Waals surface area contributed by atoms with Crippen molar-refractivity contribution in [2.45, 2.75) is 6.92 Å². The minimum Gasteiger partial charge on any atom is -0.491 e. The lowest BCUT2D eigenvalue weighted by Crippen LogP contribution is -2.01. The summed E-state index contributed by atoms with van der Waals surface area (Å²) in [5.41, 5.74) is 7.12. The van der Waals surface area contributed by atoms with Gasteiger partial charge in [-0.05, 0) is 19.1 Å². The predicted octanol–water partition coefficient (Wildman–Crippen LogP) is 4.86. The van der Waals surface area contributed by atoms with E-state index < -0.39 is 5.82 Å². The van der Waals surface area contributed by atoms with Crippen LogP contribution in [0.3, 0.4) is 0 Å². The lowest BCUT2D eigenvalue weighted by Gasteiger charge is -2.14. The first-order valence-corrected chi connectivity index (χ1v) is 6.71. The van der Waals surface area contributed by atoms with E-state index in [2.05, 4.69) is 5.32 Å². The number of rotatable bonds is 4. The summed E-state index contributed by atoms with van der Waals surface area (Å²) in [6, 6.07) is 7.86. The maximum Gasteiger partial charge on any atom is 0.167 e. The van der Waals surface area contributed by atoms with E-state index >= 15 is 0 Å². The summed E-state index contributed by atoms with van der Waals surface area (Å²) in [7, 11) is 0. The molecule has 0 aliphatic rings. The summed E-state index contributed by atoms with van der Waals surface area (Å²) >= 11 is 12.0. The van der Waals surface area contributed by atoms with E-state index in [1.165, 1.54) is 12.1 Å². The number of ether oxygens (including phenoxy) is 1. The summed E-state index contributed by atoms with van der Waals surface area (Å²) in [5, 5.41) is 3.81. The number of nitrogens with two attached hydrogens (primary N) is 1. The normalized spacial score (nSPS) is 10.4. The highest BCUT2D eigenvalue weighted by molar-refractivity contribution is 6.43. The van der Waals surface area contributed by atoms with Crippen molar-refractivity contribution in [1.82, 2.24) is 0 Å². The first-order chi connectivity index (χ1) is 9.52. The topological polar surface area (TPSA) is 47.3 Å². The lowest BCUT2D eigenvalue weighted by molar-refractivity contribution is 0.322. The molecule has 0 fully saturated rings. The standard InChI is InChI=1S/C14H13Cl2FN2O/c1-2-20-13-7-12(10(18)6-9(13)17)19-11-5-3-4-8(15)14(11)16/h3-7,19H,2,18H2,1H3. The number of anilines is 3. The molecule has 3 N–H and O–H groups in total. The van der Waals surface area contributed by atoms with Crippen molar-refractivity contribution in [3.8, 4) is 5.75 Å². The molecule has 106 valence electrons. The molecule has 0 bridgehead atoms. The van der Waals surface area contributed by atoms with Gasteiger partial charge in [0.1, 0.15) is 0 Å². The average Bonchev–Trinajstić information content (AvgIpc) is 2.40. The Bertz CT molecular complexity index is 635. The molecular formula is C14H13Cl2FN2O. The van der Waals surface area contributed by atoms with Gasteiger partial charge in [0, 0.05) is 12.1 Å². The van der Waals surface area contributed by atoms with Gasteiger partial charge in [-0.3, -0.25) is 0 Å². The Labute approximate surface area is 126 Å². The molecule has 0 spiro atoms. The average molecular weight is 315 g/mol. The number of halogens is 3. The molecular weight excluding hydrogens is 302 g/mol. The van der Waals surface area contributed by atoms with Crippen LogP contribution in [-0.2, 0) is 0 Å². The first kappa shape index (κ1) is 14.8. The van der Waals surface area contributed by atoms with Crippen LogP contribution in [0.25, 0.3) is 0 Å². The Balaban J connectivity index is 2.38. The second-order valence-corrected chi connectivity index (χ2v) is 4.81. The molecule has 0 amide bonds. The zero-order valence-corrected chi connectivity index (χ0v) is 12.2. The first-order valence-electron chi connectivity index (χ1n) is 5.95. The minimum atomic E-state index is -0.507. The summed E-state index contributed by atoms with van der Waals surface area (Å²) < 4.78 is 18.8. The maximum absolute atomic E-state index is 13.6. The molecule has 3 nitrogen and oxygen atoms in total. The van der Waals surface area contributed by atoms with Crippen LogP contribution in [-0.4, -0.2) is 6.61 Å². The van der Waals surface area contributed by atoms with Crippen LogP contribution in [0.5, 0.6) is 5.75 Å². The molecule has 0 heterocycles. The molecule has 6 heteroatoms. The van der Waals surface area contributed by atoms with Gasteiger partial charge in [-0.15, -0.1) is 0 Å². The highest BCUT2D eigenvalue weighted by Gasteiger charge is 2.11. The van der Waals surface area contributed by atoms with E-state index in [0.717, 1.165) is 0 Å². The van der Waals surface area contributed by atoms with Crippen molar-refractivity contribution >= 4 is 40.3 Å². The van der Waals surface area contributed by atoms with Crippen molar-refractivity contribution < 1.29 is 9.13 Å². The third kappa shape index (κ3) is 3.08. The Hall–Kier alpha value is -1.65. The van der Waals surface area contributed by atoms with Crippen molar-refractivity contribution in [3.05, 3.63) is 46.2 Å². The molecule has 2 rings (SSSR count). The van der Waals surface area contributed by atoms with Crippen molar-refractivity contribution in [1.29, 1.82) is 0 Å². The largest absolute Gasteiger partial charge is 0.491 e. The van der Waals surface area contributed by atoms with Gasteiger partial charge in [0.05, 0.1) is 33.7 Å². The highest BCUT2D eigenvalue weighted by Crippen LogP contribution is 2.35. The van der Waals surface area contributed by atoms with Crippen LogP contribution in [0.4, 0.5) is 21.5 Å². The molecule has 0 aromatic heterocycles. The van der Waals surface area contributed by atoms with E-state index in [-0.39, 0.29) is 11.4 Å². The summed E-state index contributed by atoms with van der Waals surface area (Å²) in [5.74, 6) is -0.380. The molecule has 2 aromatic rings. The van der Waals surface area contributed by atoms with Gasteiger partial charge in [-0.2, -0.15) is 0 Å². The number of benzene rings is 2.